The molecule has 1 heterocycles. The van der Waals surface area contributed by atoms with Gasteiger partial charge in [0.2, 0.25) is 0 Å². The number of likely N-dealkylation sites (N-methyl/N-ethyl adjacent to an activating group) is 1. The molecule has 0 radical (unpaired) electrons. The number of thiazole rings is 1. The van der Waals surface area contributed by atoms with E-state index in [0.717, 1.165) is 12.1 Å². The zero-order valence-corrected chi connectivity index (χ0v) is 14.2. The third kappa shape index (κ3) is 4.67. The molecule has 0 amide bonds. The average Bonchev–Trinajstić information content (AvgIpc) is 2.98. The Labute approximate surface area is 139 Å². The molecule has 1 aromatic heterocycles. The predicted molar refractivity (Wildman–Crippen MR) is 89.7 cm³/mol. The van der Waals surface area contributed by atoms with Crippen LogP contribution in [0.4, 0.5) is 0 Å². The normalized spacial score (nSPS) is 10.8. The topological polar surface area (TPSA) is 71.9 Å². The maximum Gasteiger partial charge on any atom is 0.355 e. The smallest absolute Gasteiger partial charge is 0.355 e. The second kappa shape index (κ2) is 7.94. The minimum Gasteiger partial charge on any atom is -0.490 e. The highest BCUT2D eigenvalue weighted by molar-refractivity contribution is 7.13. The van der Waals surface area contributed by atoms with Crippen LogP contribution in [0.2, 0.25) is 0 Å². The van der Waals surface area contributed by atoms with E-state index in [1.54, 1.807) is 0 Å². The first kappa shape index (κ1) is 17.2. The van der Waals surface area contributed by atoms with E-state index in [-0.39, 0.29) is 5.69 Å². The summed E-state index contributed by atoms with van der Waals surface area (Å²) >= 11 is 1.29. The zero-order valence-electron chi connectivity index (χ0n) is 13.4. The lowest BCUT2D eigenvalue weighted by Gasteiger charge is -2.14. The number of carboxylic acid groups (broad SMARTS) is 1. The molecule has 0 aliphatic carbocycles. The number of aromatic carboxylic acids is 1. The monoisotopic (exact) mass is 336 g/mol. The fourth-order valence-electron chi connectivity index (χ4n) is 1.87. The molecule has 0 aliphatic heterocycles. The van der Waals surface area contributed by atoms with E-state index in [9.17, 15) is 4.79 Å². The van der Waals surface area contributed by atoms with Gasteiger partial charge in [-0.25, -0.2) is 9.78 Å². The van der Waals surface area contributed by atoms with Crippen molar-refractivity contribution < 1.29 is 19.4 Å². The Kier molecular flexibility index (Phi) is 5.95. The third-order valence-electron chi connectivity index (χ3n) is 3.01. The van der Waals surface area contributed by atoms with Crippen LogP contribution in [0.3, 0.4) is 0 Å². The molecule has 6 nitrogen and oxygen atoms in total. The van der Waals surface area contributed by atoms with Crippen LogP contribution in [-0.4, -0.2) is 54.8 Å². The molecule has 124 valence electrons. The van der Waals surface area contributed by atoms with Crippen LogP contribution in [-0.2, 0) is 0 Å². The van der Waals surface area contributed by atoms with E-state index >= 15 is 0 Å². The van der Waals surface area contributed by atoms with Crippen molar-refractivity contribution in [2.75, 3.05) is 33.9 Å². The summed E-state index contributed by atoms with van der Waals surface area (Å²) in [5.74, 6) is 0.282. The van der Waals surface area contributed by atoms with Gasteiger partial charge < -0.3 is 19.5 Å². The summed E-state index contributed by atoms with van der Waals surface area (Å²) in [5.41, 5.74) is 0.861. The molecule has 0 saturated heterocycles. The van der Waals surface area contributed by atoms with E-state index in [0.29, 0.717) is 29.7 Å². The molecule has 1 N–H and O–H groups in total. The molecule has 0 bridgehead atoms. The van der Waals surface area contributed by atoms with Gasteiger partial charge in [-0.3, -0.25) is 0 Å². The summed E-state index contributed by atoms with van der Waals surface area (Å²) in [6.45, 7) is 3.79. The molecule has 0 spiro atoms. The minimum absolute atomic E-state index is 0.0502. The van der Waals surface area contributed by atoms with Crippen molar-refractivity contribution in [1.82, 2.24) is 9.88 Å². The van der Waals surface area contributed by atoms with Crippen LogP contribution in [0.1, 0.15) is 17.4 Å². The molecular formula is C16H20N2O4S. The second-order valence-corrected chi connectivity index (χ2v) is 5.95. The molecule has 0 fully saturated rings. The summed E-state index contributed by atoms with van der Waals surface area (Å²) in [7, 11) is 3.97. The summed E-state index contributed by atoms with van der Waals surface area (Å²) in [5, 5.41) is 11.1. The lowest BCUT2D eigenvalue weighted by atomic mass is 10.2. The van der Waals surface area contributed by atoms with Gasteiger partial charge in [-0.1, -0.05) is 0 Å². The number of ether oxygens (including phenoxy) is 2. The molecule has 1 aromatic carbocycles. The molecular weight excluding hydrogens is 316 g/mol. The van der Waals surface area contributed by atoms with E-state index in [2.05, 4.69) is 4.98 Å². The van der Waals surface area contributed by atoms with Crippen LogP contribution < -0.4 is 9.47 Å². The molecule has 0 unspecified atom stereocenters. The number of nitrogens with zero attached hydrogens (tertiary/aromatic N) is 2. The summed E-state index contributed by atoms with van der Waals surface area (Å²) < 4.78 is 11.4. The molecule has 2 aromatic rings. The SMILES string of the molecule is CCOc1cc(-c2nc(C(=O)O)cs2)ccc1OCCN(C)C. The highest BCUT2D eigenvalue weighted by Gasteiger charge is 2.13. The summed E-state index contributed by atoms with van der Waals surface area (Å²) in [6, 6.07) is 5.52. The molecule has 23 heavy (non-hydrogen) atoms. The van der Waals surface area contributed by atoms with E-state index in [4.69, 9.17) is 14.6 Å². The highest BCUT2D eigenvalue weighted by atomic mass is 32.1. The van der Waals surface area contributed by atoms with Gasteiger partial charge in [0, 0.05) is 17.5 Å². The van der Waals surface area contributed by atoms with Crippen LogP contribution >= 0.6 is 11.3 Å². The highest BCUT2D eigenvalue weighted by Crippen LogP contribution is 2.34. The van der Waals surface area contributed by atoms with Crippen molar-refractivity contribution in [3.8, 4) is 22.1 Å². The average molecular weight is 336 g/mol. The molecule has 7 heteroatoms. The van der Waals surface area contributed by atoms with Gasteiger partial charge in [-0.15, -0.1) is 11.3 Å². The maximum atomic E-state index is 10.9. The Morgan fingerprint density at radius 2 is 2.09 bits per heavy atom. The Bertz CT molecular complexity index is 670. The lowest BCUT2D eigenvalue weighted by Crippen LogP contribution is -2.19. The Morgan fingerprint density at radius 1 is 1.30 bits per heavy atom. The zero-order chi connectivity index (χ0) is 16.8. The minimum atomic E-state index is -1.03. The van der Waals surface area contributed by atoms with Gasteiger partial charge in [-0.05, 0) is 39.2 Å². The molecule has 0 aliphatic rings. The van der Waals surface area contributed by atoms with Crippen LogP contribution in [0, 0.1) is 0 Å². The number of carbonyl (C=O) groups is 1. The van der Waals surface area contributed by atoms with Crippen molar-refractivity contribution in [2.24, 2.45) is 0 Å². The number of hydrogen-bond donors (Lipinski definition) is 1. The van der Waals surface area contributed by atoms with Crippen LogP contribution in [0.15, 0.2) is 23.6 Å². The fourth-order valence-corrected chi connectivity index (χ4v) is 2.66. The fraction of sp³-hybridized carbons (Fsp3) is 0.375. The predicted octanol–water partition coefficient (Wildman–Crippen LogP) is 2.85. The summed E-state index contributed by atoms with van der Waals surface area (Å²) in [4.78, 5) is 17.1. The molecule has 0 atom stereocenters. The van der Waals surface area contributed by atoms with Gasteiger partial charge in [0.25, 0.3) is 0 Å². The number of rotatable bonds is 8. The van der Waals surface area contributed by atoms with E-state index in [1.165, 1.54) is 16.7 Å². The van der Waals surface area contributed by atoms with E-state index in [1.807, 2.05) is 44.1 Å². The lowest BCUT2D eigenvalue weighted by molar-refractivity contribution is 0.0691. The summed E-state index contributed by atoms with van der Waals surface area (Å²) in [6.07, 6.45) is 0. The van der Waals surface area contributed by atoms with Crippen LogP contribution in [0.5, 0.6) is 11.5 Å². The quantitative estimate of drug-likeness (QED) is 0.799. The van der Waals surface area contributed by atoms with Crippen molar-refractivity contribution >= 4 is 17.3 Å². The maximum absolute atomic E-state index is 10.9. The van der Waals surface area contributed by atoms with Gasteiger partial charge in [0.15, 0.2) is 17.2 Å². The first-order valence-corrected chi connectivity index (χ1v) is 8.12. The van der Waals surface area contributed by atoms with Gasteiger partial charge >= 0.3 is 5.97 Å². The number of benzene rings is 1. The van der Waals surface area contributed by atoms with Gasteiger partial charge in [-0.2, -0.15) is 0 Å². The van der Waals surface area contributed by atoms with Crippen molar-refractivity contribution in [1.29, 1.82) is 0 Å². The number of hydrogen-bond acceptors (Lipinski definition) is 6. The molecule has 0 saturated carbocycles. The second-order valence-electron chi connectivity index (χ2n) is 5.09. The van der Waals surface area contributed by atoms with Crippen LogP contribution in [0.25, 0.3) is 10.6 Å². The largest absolute Gasteiger partial charge is 0.490 e. The third-order valence-corrected chi connectivity index (χ3v) is 3.90. The van der Waals surface area contributed by atoms with Gasteiger partial charge in [0.1, 0.15) is 11.6 Å². The van der Waals surface area contributed by atoms with Crippen molar-refractivity contribution in [2.45, 2.75) is 6.92 Å². The number of carboxylic acids is 1. The van der Waals surface area contributed by atoms with E-state index < -0.39 is 5.97 Å². The standard InChI is InChI=1S/C16H20N2O4S/c1-4-21-14-9-11(15-17-12(10-23-15)16(19)20)5-6-13(14)22-8-7-18(2)3/h5-6,9-10H,4,7-8H2,1-3H3,(H,19,20). The first-order chi connectivity index (χ1) is 11.0. The Hall–Kier alpha value is -2.12. The molecule has 2 rings (SSSR count). The first-order valence-electron chi connectivity index (χ1n) is 7.24. The van der Waals surface area contributed by atoms with Crippen molar-refractivity contribution in [3.63, 3.8) is 0 Å². The Morgan fingerprint density at radius 3 is 2.70 bits per heavy atom. The Balaban J connectivity index is 2.21. The van der Waals surface area contributed by atoms with Gasteiger partial charge in [0.05, 0.1) is 6.61 Å². The number of aromatic nitrogens is 1. The van der Waals surface area contributed by atoms with Crippen molar-refractivity contribution in [3.05, 3.63) is 29.3 Å².